The van der Waals surface area contributed by atoms with Crippen LogP contribution in [-0.4, -0.2) is 25.7 Å². The van der Waals surface area contributed by atoms with E-state index < -0.39 is 6.04 Å². The van der Waals surface area contributed by atoms with Gasteiger partial charge in [-0.3, -0.25) is 0 Å². The van der Waals surface area contributed by atoms with Gasteiger partial charge in [-0.25, -0.2) is 4.79 Å². The van der Waals surface area contributed by atoms with Gasteiger partial charge in [-0.05, 0) is 44.5 Å². The van der Waals surface area contributed by atoms with E-state index in [9.17, 15) is 4.79 Å². The molecule has 1 aromatic rings. The van der Waals surface area contributed by atoms with Crippen LogP contribution in [0.4, 0.5) is 0 Å². The summed E-state index contributed by atoms with van der Waals surface area (Å²) in [7, 11) is 1.40. The quantitative estimate of drug-likeness (QED) is 0.770. The maximum Gasteiger partial charge on any atom is 0.327 e. The average molecular weight is 265 g/mol. The molecule has 1 atom stereocenters. The third kappa shape index (κ3) is 4.91. The molecular formula is C15H23NO3. The SMILES string of the molecule is CCCNC(C(=O)OC)c1cccc(OC(C)C)c1. The molecular weight excluding hydrogens is 242 g/mol. The Hall–Kier alpha value is -1.55. The minimum absolute atomic E-state index is 0.107. The minimum atomic E-state index is -0.444. The van der Waals surface area contributed by atoms with Gasteiger partial charge >= 0.3 is 5.97 Å². The lowest BCUT2D eigenvalue weighted by Crippen LogP contribution is -2.30. The number of benzene rings is 1. The van der Waals surface area contributed by atoms with Crippen LogP contribution < -0.4 is 10.1 Å². The summed E-state index contributed by atoms with van der Waals surface area (Å²) in [6.07, 6.45) is 1.06. The smallest absolute Gasteiger partial charge is 0.327 e. The van der Waals surface area contributed by atoms with Gasteiger partial charge in [-0.2, -0.15) is 0 Å². The summed E-state index contributed by atoms with van der Waals surface area (Å²) >= 11 is 0. The van der Waals surface area contributed by atoms with Crippen molar-refractivity contribution >= 4 is 5.97 Å². The first-order valence-electron chi connectivity index (χ1n) is 6.66. The maximum absolute atomic E-state index is 11.8. The molecule has 4 nitrogen and oxygen atoms in total. The van der Waals surface area contributed by atoms with Crippen molar-refractivity contribution in [2.45, 2.75) is 39.3 Å². The second kappa shape index (κ2) is 7.79. The summed E-state index contributed by atoms with van der Waals surface area (Å²) in [5, 5.41) is 3.19. The molecule has 106 valence electrons. The van der Waals surface area contributed by atoms with E-state index in [0.29, 0.717) is 0 Å². The molecule has 1 unspecified atom stereocenters. The predicted molar refractivity (Wildman–Crippen MR) is 75.3 cm³/mol. The molecule has 4 heteroatoms. The Morgan fingerprint density at radius 3 is 2.68 bits per heavy atom. The van der Waals surface area contributed by atoms with E-state index >= 15 is 0 Å². The van der Waals surface area contributed by atoms with Gasteiger partial charge in [0.25, 0.3) is 0 Å². The number of carbonyl (C=O) groups is 1. The maximum atomic E-state index is 11.8. The standard InChI is InChI=1S/C15H23NO3/c1-5-9-16-14(15(17)18-4)12-7-6-8-13(10-12)19-11(2)3/h6-8,10-11,14,16H,5,9H2,1-4H3. The van der Waals surface area contributed by atoms with Crippen LogP contribution in [0.25, 0.3) is 0 Å². The van der Waals surface area contributed by atoms with E-state index in [4.69, 9.17) is 9.47 Å². The predicted octanol–water partition coefficient (Wildman–Crippen LogP) is 2.69. The number of hydrogen-bond donors (Lipinski definition) is 1. The second-order valence-electron chi connectivity index (χ2n) is 4.65. The van der Waals surface area contributed by atoms with Crippen molar-refractivity contribution < 1.29 is 14.3 Å². The zero-order valence-electron chi connectivity index (χ0n) is 12.1. The summed E-state index contributed by atoms with van der Waals surface area (Å²) in [5.74, 6) is 0.481. The molecule has 0 aliphatic carbocycles. The van der Waals surface area contributed by atoms with Crippen LogP contribution in [0.5, 0.6) is 5.75 Å². The molecule has 0 radical (unpaired) electrons. The molecule has 19 heavy (non-hydrogen) atoms. The Kier molecular flexibility index (Phi) is 6.36. The number of carbonyl (C=O) groups excluding carboxylic acids is 1. The zero-order chi connectivity index (χ0) is 14.3. The molecule has 0 saturated carbocycles. The van der Waals surface area contributed by atoms with Gasteiger partial charge in [0.05, 0.1) is 13.2 Å². The van der Waals surface area contributed by atoms with Crippen LogP contribution in [0.15, 0.2) is 24.3 Å². The molecule has 0 heterocycles. The highest BCUT2D eigenvalue weighted by atomic mass is 16.5. The van der Waals surface area contributed by atoms with E-state index in [1.165, 1.54) is 7.11 Å². The van der Waals surface area contributed by atoms with Gasteiger partial charge in [0, 0.05) is 0 Å². The highest BCUT2D eigenvalue weighted by Gasteiger charge is 2.20. The van der Waals surface area contributed by atoms with E-state index in [1.54, 1.807) is 0 Å². The fourth-order valence-electron chi connectivity index (χ4n) is 1.78. The van der Waals surface area contributed by atoms with Crippen molar-refractivity contribution in [3.63, 3.8) is 0 Å². The molecule has 0 saturated heterocycles. The number of hydrogen-bond acceptors (Lipinski definition) is 4. The summed E-state index contributed by atoms with van der Waals surface area (Å²) in [6, 6.07) is 7.11. The molecule has 0 amide bonds. The first-order valence-corrected chi connectivity index (χ1v) is 6.66. The fraction of sp³-hybridized carbons (Fsp3) is 0.533. The molecule has 0 aromatic heterocycles. The number of ether oxygens (including phenoxy) is 2. The number of esters is 1. The van der Waals surface area contributed by atoms with Crippen LogP contribution >= 0.6 is 0 Å². The molecule has 1 N–H and O–H groups in total. The van der Waals surface area contributed by atoms with E-state index in [1.807, 2.05) is 38.1 Å². The summed E-state index contributed by atoms with van der Waals surface area (Å²) in [5.41, 5.74) is 0.860. The lowest BCUT2D eigenvalue weighted by atomic mass is 10.1. The lowest BCUT2D eigenvalue weighted by molar-refractivity contribution is -0.143. The molecule has 1 rings (SSSR count). The highest BCUT2D eigenvalue weighted by molar-refractivity contribution is 5.77. The van der Waals surface area contributed by atoms with E-state index in [0.717, 1.165) is 24.3 Å². The van der Waals surface area contributed by atoms with Crippen LogP contribution in [-0.2, 0) is 9.53 Å². The Bertz CT molecular complexity index is 404. The first kappa shape index (κ1) is 15.5. The van der Waals surface area contributed by atoms with Crippen LogP contribution in [0.3, 0.4) is 0 Å². The normalized spacial score (nSPS) is 12.3. The number of nitrogens with one attached hydrogen (secondary N) is 1. The van der Waals surface area contributed by atoms with Crippen LogP contribution in [0.1, 0.15) is 38.8 Å². The van der Waals surface area contributed by atoms with Crippen LogP contribution in [0, 0.1) is 0 Å². The molecule has 0 fully saturated rings. The molecule has 0 spiro atoms. The lowest BCUT2D eigenvalue weighted by Gasteiger charge is -2.18. The molecule has 0 aliphatic heterocycles. The Morgan fingerprint density at radius 2 is 2.11 bits per heavy atom. The van der Waals surface area contributed by atoms with Crippen molar-refractivity contribution in [2.24, 2.45) is 0 Å². The second-order valence-corrected chi connectivity index (χ2v) is 4.65. The Balaban J connectivity index is 2.91. The van der Waals surface area contributed by atoms with Gasteiger partial charge in [0.15, 0.2) is 0 Å². The van der Waals surface area contributed by atoms with Gasteiger partial charge in [0.2, 0.25) is 0 Å². The third-order valence-corrected chi connectivity index (χ3v) is 2.60. The van der Waals surface area contributed by atoms with Crippen molar-refractivity contribution in [3.05, 3.63) is 29.8 Å². The topological polar surface area (TPSA) is 47.6 Å². The Morgan fingerprint density at radius 1 is 1.37 bits per heavy atom. The van der Waals surface area contributed by atoms with E-state index in [-0.39, 0.29) is 12.1 Å². The van der Waals surface area contributed by atoms with Crippen molar-refractivity contribution in [2.75, 3.05) is 13.7 Å². The minimum Gasteiger partial charge on any atom is -0.491 e. The van der Waals surface area contributed by atoms with Crippen molar-refractivity contribution in [1.82, 2.24) is 5.32 Å². The molecule has 1 aromatic carbocycles. The van der Waals surface area contributed by atoms with Gasteiger partial charge in [-0.15, -0.1) is 0 Å². The van der Waals surface area contributed by atoms with Gasteiger partial charge in [-0.1, -0.05) is 19.1 Å². The third-order valence-electron chi connectivity index (χ3n) is 2.60. The zero-order valence-corrected chi connectivity index (χ0v) is 12.1. The fourth-order valence-corrected chi connectivity index (χ4v) is 1.78. The Labute approximate surface area is 115 Å². The monoisotopic (exact) mass is 265 g/mol. The van der Waals surface area contributed by atoms with Crippen molar-refractivity contribution in [3.8, 4) is 5.75 Å². The van der Waals surface area contributed by atoms with Crippen LogP contribution in [0.2, 0.25) is 0 Å². The summed E-state index contributed by atoms with van der Waals surface area (Å²) < 4.78 is 10.5. The first-order chi connectivity index (χ1) is 9.08. The summed E-state index contributed by atoms with van der Waals surface area (Å²) in [6.45, 7) is 6.76. The average Bonchev–Trinajstić information content (AvgIpc) is 2.38. The van der Waals surface area contributed by atoms with E-state index in [2.05, 4.69) is 12.2 Å². The van der Waals surface area contributed by atoms with Crippen molar-refractivity contribution in [1.29, 1.82) is 0 Å². The highest BCUT2D eigenvalue weighted by Crippen LogP contribution is 2.21. The number of rotatable bonds is 7. The molecule has 0 bridgehead atoms. The largest absolute Gasteiger partial charge is 0.491 e. The molecule has 0 aliphatic rings. The van der Waals surface area contributed by atoms with Gasteiger partial charge in [0.1, 0.15) is 11.8 Å². The summed E-state index contributed by atoms with van der Waals surface area (Å²) in [4.78, 5) is 11.8. The number of methoxy groups -OCH3 is 1. The van der Waals surface area contributed by atoms with Gasteiger partial charge < -0.3 is 14.8 Å².